The summed E-state index contributed by atoms with van der Waals surface area (Å²) >= 11 is 0. The molecule has 4 nitrogen and oxygen atoms in total. The number of hydrogen-bond donors (Lipinski definition) is 2. The van der Waals surface area contributed by atoms with Gasteiger partial charge in [-0.25, -0.2) is 0 Å². The van der Waals surface area contributed by atoms with Crippen LogP contribution in [0.2, 0.25) is 0 Å². The SMILES string of the molecule is NC(=O)C1(NCc2ccccc2)CCOC1. The summed E-state index contributed by atoms with van der Waals surface area (Å²) in [7, 11) is 0. The molecule has 3 N–H and O–H groups in total. The topological polar surface area (TPSA) is 64.4 Å². The van der Waals surface area contributed by atoms with Crippen LogP contribution in [0, 0.1) is 0 Å². The molecule has 1 amide bonds. The predicted octanol–water partition coefficient (Wildman–Crippen LogP) is 0.421. The molecule has 1 atom stereocenters. The second-order valence-corrected chi connectivity index (χ2v) is 4.09. The van der Waals surface area contributed by atoms with E-state index in [1.807, 2.05) is 30.3 Å². The highest BCUT2D eigenvalue weighted by Crippen LogP contribution is 2.18. The fraction of sp³-hybridized carbons (Fsp3) is 0.417. The summed E-state index contributed by atoms with van der Waals surface area (Å²) in [6.45, 7) is 1.59. The van der Waals surface area contributed by atoms with E-state index in [2.05, 4.69) is 5.32 Å². The minimum Gasteiger partial charge on any atom is -0.379 e. The normalized spacial score (nSPS) is 24.5. The molecule has 1 aromatic carbocycles. The molecule has 86 valence electrons. The van der Waals surface area contributed by atoms with E-state index in [0.717, 1.165) is 5.56 Å². The maximum absolute atomic E-state index is 11.4. The summed E-state index contributed by atoms with van der Waals surface area (Å²) in [5.41, 5.74) is 5.87. The molecule has 1 aliphatic heterocycles. The lowest BCUT2D eigenvalue weighted by atomic mass is 9.97. The van der Waals surface area contributed by atoms with Gasteiger partial charge in [0.2, 0.25) is 5.91 Å². The van der Waals surface area contributed by atoms with E-state index in [9.17, 15) is 4.79 Å². The van der Waals surface area contributed by atoms with Crippen LogP contribution in [0.5, 0.6) is 0 Å². The van der Waals surface area contributed by atoms with Crippen LogP contribution < -0.4 is 11.1 Å². The molecule has 0 radical (unpaired) electrons. The summed E-state index contributed by atoms with van der Waals surface area (Å²) in [5, 5.41) is 3.21. The number of hydrogen-bond acceptors (Lipinski definition) is 3. The summed E-state index contributed by atoms with van der Waals surface area (Å²) in [5.74, 6) is -0.332. The Kier molecular flexibility index (Phi) is 3.22. The molecule has 0 aliphatic carbocycles. The standard InChI is InChI=1S/C12H16N2O2/c13-11(15)12(6-7-16-9-12)14-8-10-4-2-1-3-5-10/h1-5,14H,6-9H2,(H2,13,15). The zero-order valence-corrected chi connectivity index (χ0v) is 9.11. The fourth-order valence-corrected chi connectivity index (χ4v) is 1.85. The molecular weight excluding hydrogens is 204 g/mol. The Morgan fingerprint density at radius 2 is 2.19 bits per heavy atom. The second kappa shape index (κ2) is 4.63. The van der Waals surface area contributed by atoms with Crippen molar-refractivity contribution in [1.82, 2.24) is 5.32 Å². The monoisotopic (exact) mass is 220 g/mol. The van der Waals surface area contributed by atoms with Gasteiger partial charge < -0.3 is 10.5 Å². The first-order valence-electron chi connectivity index (χ1n) is 5.40. The van der Waals surface area contributed by atoms with Crippen molar-refractivity contribution in [3.63, 3.8) is 0 Å². The lowest BCUT2D eigenvalue weighted by Gasteiger charge is -2.25. The second-order valence-electron chi connectivity index (χ2n) is 4.09. The van der Waals surface area contributed by atoms with Crippen molar-refractivity contribution in [3.05, 3.63) is 35.9 Å². The fourth-order valence-electron chi connectivity index (χ4n) is 1.85. The van der Waals surface area contributed by atoms with Crippen LogP contribution in [-0.4, -0.2) is 24.7 Å². The molecule has 1 unspecified atom stereocenters. The van der Waals surface area contributed by atoms with Gasteiger partial charge in [0, 0.05) is 19.6 Å². The van der Waals surface area contributed by atoms with Gasteiger partial charge in [0.05, 0.1) is 6.61 Å². The number of ether oxygens (including phenoxy) is 1. The molecule has 0 saturated carbocycles. The first-order valence-corrected chi connectivity index (χ1v) is 5.40. The van der Waals surface area contributed by atoms with Crippen LogP contribution in [0.25, 0.3) is 0 Å². The van der Waals surface area contributed by atoms with E-state index in [4.69, 9.17) is 10.5 Å². The number of carbonyl (C=O) groups is 1. The van der Waals surface area contributed by atoms with Crippen molar-refractivity contribution in [2.45, 2.75) is 18.5 Å². The molecule has 1 aliphatic rings. The van der Waals surface area contributed by atoms with Gasteiger partial charge >= 0.3 is 0 Å². The van der Waals surface area contributed by atoms with E-state index >= 15 is 0 Å². The number of nitrogens with one attached hydrogen (secondary N) is 1. The molecule has 16 heavy (non-hydrogen) atoms. The Hall–Kier alpha value is -1.39. The van der Waals surface area contributed by atoms with Crippen molar-refractivity contribution in [2.75, 3.05) is 13.2 Å². The average molecular weight is 220 g/mol. The van der Waals surface area contributed by atoms with Gasteiger partial charge in [0.15, 0.2) is 0 Å². The molecule has 1 aromatic rings. The van der Waals surface area contributed by atoms with Crippen LogP contribution in [0.1, 0.15) is 12.0 Å². The van der Waals surface area contributed by atoms with Crippen molar-refractivity contribution in [1.29, 1.82) is 0 Å². The maximum Gasteiger partial charge on any atom is 0.240 e. The smallest absolute Gasteiger partial charge is 0.240 e. The van der Waals surface area contributed by atoms with E-state index < -0.39 is 5.54 Å². The largest absolute Gasteiger partial charge is 0.379 e. The lowest BCUT2D eigenvalue weighted by molar-refractivity contribution is -0.124. The molecule has 0 bridgehead atoms. The molecule has 1 saturated heterocycles. The number of benzene rings is 1. The molecule has 2 rings (SSSR count). The minimum absolute atomic E-state index is 0.332. The van der Waals surface area contributed by atoms with Crippen molar-refractivity contribution < 1.29 is 9.53 Å². The van der Waals surface area contributed by atoms with Crippen LogP contribution in [0.4, 0.5) is 0 Å². The Bertz CT molecular complexity index is 359. The first-order chi connectivity index (χ1) is 7.73. The maximum atomic E-state index is 11.4. The van der Waals surface area contributed by atoms with Gasteiger partial charge in [-0.1, -0.05) is 30.3 Å². The van der Waals surface area contributed by atoms with Crippen molar-refractivity contribution in [3.8, 4) is 0 Å². The molecule has 0 spiro atoms. The van der Waals surface area contributed by atoms with Gasteiger partial charge in [-0.3, -0.25) is 10.1 Å². The molecule has 1 heterocycles. The highest BCUT2D eigenvalue weighted by atomic mass is 16.5. The summed E-state index contributed by atoms with van der Waals surface area (Å²) in [6.07, 6.45) is 0.648. The van der Waals surface area contributed by atoms with E-state index in [-0.39, 0.29) is 5.91 Å². The van der Waals surface area contributed by atoms with E-state index in [1.54, 1.807) is 0 Å². The lowest BCUT2D eigenvalue weighted by Crippen LogP contribution is -2.55. The Morgan fingerprint density at radius 3 is 2.75 bits per heavy atom. The van der Waals surface area contributed by atoms with Gasteiger partial charge in [-0.05, 0) is 5.56 Å². The number of primary amides is 1. The summed E-state index contributed by atoms with van der Waals surface area (Å²) < 4.78 is 5.25. The van der Waals surface area contributed by atoms with Gasteiger partial charge in [0.25, 0.3) is 0 Å². The third kappa shape index (κ3) is 2.23. The highest BCUT2D eigenvalue weighted by molar-refractivity contribution is 5.85. The van der Waals surface area contributed by atoms with Gasteiger partial charge in [0.1, 0.15) is 5.54 Å². The van der Waals surface area contributed by atoms with Crippen LogP contribution in [-0.2, 0) is 16.1 Å². The van der Waals surface area contributed by atoms with Crippen LogP contribution in [0.15, 0.2) is 30.3 Å². The molecule has 0 aromatic heterocycles. The van der Waals surface area contributed by atoms with E-state index in [0.29, 0.717) is 26.2 Å². The first kappa shape index (κ1) is 11.1. The van der Waals surface area contributed by atoms with Crippen LogP contribution in [0.3, 0.4) is 0 Å². The average Bonchev–Trinajstić information content (AvgIpc) is 2.78. The Balaban J connectivity index is 2.00. The summed E-state index contributed by atoms with van der Waals surface area (Å²) in [4.78, 5) is 11.4. The number of rotatable bonds is 4. The van der Waals surface area contributed by atoms with Gasteiger partial charge in [-0.15, -0.1) is 0 Å². The highest BCUT2D eigenvalue weighted by Gasteiger charge is 2.40. The Labute approximate surface area is 94.8 Å². The van der Waals surface area contributed by atoms with Crippen LogP contribution >= 0.6 is 0 Å². The van der Waals surface area contributed by atoms with Crippen molar-refractivity contribution >= 4 is 5.91 Å². The quantitative estimate of drug-likeness (QED) is 0.773. The third-order valence-corrected chi connectivity index (χ3v) is 2.97. The molecular formula is C12H16N2O2. The van der Waals surface area contributed by atoms with Crippen molar-refractivity contribution in [2.24, 2.45) is 5.73 Å². The Morgan fingerprint density at radius 1 is 1.44 bits per heavy atom. The van der Waals surface area contributed by atoms with E-state index in [1.165, 1.54) is 0 Å². The predicted molar refractivity (Wildman–Crippen MR) is 60.6 cm³/mol. The number of nitrogens with two attached hydrogens (primary N) is 1. The zero-order chi connectivity index (χ0) is 11.4. The summed E-state index contributed by atoms with van der Waals surface area (Å²) in [6, 6.07) is 9.93. The van der Waals surface area contributed by atoms with Gasteiger partial charge in [-0.2, -0.15) is 0 Å². The molecule has 4 heteroatoms. The zero-order valence-electron chi connectivity index (χ0n) is 9.11. The minimum atomic E-state index is -0.685. The number of carbonyl (C=O) groups excluding carboxylic acids is 1. The molecule has 1 fully saturated rings. The third-order valence-electron chi connectivity index (χ3n) is 2.97. The number of amides is 1.